The van der Waals surface area contributed by atoms with Crippen LogP contribution in [0, 0.1) is 0 Å². The van der Waals surface area contributed by atoms with Crippen LogP contribution in [0.3, 0.4) is 0 Å². The molecule has 2 rings (SSSR count). The number of rotatable bonds is 5. The molecule has 1 amide bonds. The Morgan fingerprint density at radius 3 is 2.70 bits per heavy atom. The maximum absolute atomic E-state index is 10.9. The van der Waals surface area contributed by atoms with Crippen LogP contribution in [0.1, 0.15) is 45.5 Å². The second-order valence-corrected chi connectivity index (χ2v) is 7.16. The van der Waals surface area contributed by atoms with Gasteiger partial charge in [-0.15, -0.1) is 0 Å². The molecule has 6 heteroatoms. The lowest BCUT2D eigenvalue weighted by molar-refractivity contribution is -0.119. The number of nitrogens with zero attached hydrogens (tertiary/aromatic N) is 3. The highest BCUT2D eigenvalue weighted by Crippen LogP contribution is 2.18. The number of hydrogen-bond donors (Lipinski definition) is 1. The summed E-state index contributed by atoms with van der Waals surface area (Å²) in [5.74, 6) is 0.880. The number of carbonyl (C=O) groups is 1. The van der Waals surface area contributed by atoms with Gasteiger partial charge >= 0.3 is 0 Å². The molecule has 1 aliphatic heterocycles. The van der Waals surface area contributed by atoms with Crippen LogP contribution in [0.4, 0.5) is 0 Å². The third kappa shape index (κ3) is 5.88. The summed E-state index contributed by atoms with van der Waals surface area (Å²) in [4.78, 5) is 22.2. The van der Waals surface area contributed by atoms with E-state index >= 15 is 0 Å². The number of ether oxygens (including phenoxy) is 1. The Hall–Kier alpha value is -1.53. The molecule has 1 aliphatic rings. The van der Waals surface area contributed by atoms with Gasteiger partial charge in [-0.1, -0.05) is 20.8 Å². The van der Waals surface area contributed by atoms with Gasteiger partial charge < -0.3 is 10.1 Å². The predicted octanol–water partition coefficient (Wildman–Crippen LogP) is 1.50. The van der Waals surface area contributed by atoms with Gasteiger partial charge in [-0.05, 0) is 6.42 Å². The van der Waals surface area contributed by atoms with Crippen molar-refractivity contribution in [2.24, 2.45) is 0 Å². The van der Waals surface area contributed by atoms with Crippen molar-refractivity contribution in [1.29, 1.82) is 0 Å². The van der Waals surface area contributed by atoms with Gasteiger partial charge in [0.05, 0.1) is 12.7 Å². The van der Waals surface area contributed by atoms with E-state index in [-0.39, 0.29) is 17.4 Å². The number of hydrogen-bond acceptors (Lipinski definition) is 5. The Kier molecular flexibility index (Phi) is 6.07. The molecule has 1 atom stereocenters. The topological polar surface area (TPSA) is 67.4 Å². The van der Waals surface area contributed by atoms with E-state index in [0.717, 1.165) is 44.0 Å². The molecule has 0 aliphatic carbocycles. The highest BCUT2D eigenvalue weighted by molar-refractivity contribution is 5.72. The minimum atomic E-state index is -0.0215. The van der Waals surface area contributed by atoms with Crippen molar-refractivity contribution in [3.63, 3.8) is 0 Å². The van der Waals surface area contributed by atoms with Gasteiger partial charge in [0, 0.05) is 56.5 Å². The first-order valence-corrected chi connectivity index (χ1v) is 8.24. The SMILES string of the molecule is CC(=O)NCC[C@@H]1CN(Cc2cnc(C(C)(C)C)nc2)CCO1. The molecule has 1 aromatic rings. The van der Waals surface area contributed by atoms with Gasteiger partial charge in [0.15, 0.2) is 0 Å². The van der Waals surface area contributed by atoms with Crippen LogP contribution in [-0.4, -0.2) is 53.1 Å². The van der Waals surface area contributed by atoms with Crippen molar-refractivity contribution < 1.29 is 9.53 Å². The van der Waals surface area contributed by atoms with Crippen LogP contribution >= 0.6 is 0 Å². The van der Waals surface area contributed by atoms with E-state index in [1.165, 1.54) is 6.92 Å². The second kappa shape index (κ2) is 7.84. The number of amides is 1. The Bertz CT molecular complexity index is 510. The van der Waals surface area contributed by atoms with Gasteiger partial charge in [-0.25, -0.2) is 9.97 Å². The first-order chi connectivity index (χ1) is 10.8. The zero-order chi connectivity index (χ0) is 16.9. The molecular weight excluding hydrogens is 292 g/mol. The Morgan fingerprint density at radius 1 is 1.39 bits per heavy atom. The van der Waals surface area contributed by atoms with Crippen molar-refractivity contribution in [3.8, 4) is 0 Å². The molecule has 6 nitrogen and oxygen atoms in total. The minimum Gasteiger partial charge on any atom is -0.375 e. The molecule has 2 heterocycles. The summed E-state index contributed by atoms with van der Waals surface area (Å²) in [6, 6.07) is 0. The zero-order valence-electron chi connectivity index (χ0n) is 14.6. The van der Waals surface area contributed by atoms with Crippen molar-refractivity contribution in [1.82, 2.24) is 20.2 Å². The number of morpholine rings is 1. The van der Waals surface area contributed by atoms with Crippen LogP contribution in [0.25, 0.3) is 0 Å². The minimum absolute atomic E-state index is 0.00810. The standard InChI is InChI=1S/C17H28N4O2/c1-13(22)18-6-5-15-12-21(7-8-23-15)11-14-9-19-16(20-10-14)17(2,3)4/h9-10,15H,5-8,11-12H2,1-4H3,(H,18,22)/t15-/m1/s1. The molecule has 0 saturated carbocycles. The lowest BCUT2D eigenvalue weighted by Gasteiger charge is -2.33. The maximum Gasteiger partial charge on any atom is 0.216 e. The van der Waals surface area contributed by atoms with E-state index in [1.807, 2.05) is 12.4 Å². The van der Waals surface area contributed by atoms with Crippen molar-refractivity contribution in [2.45, 2.75) is 52.2 Å². The molecule has 23 heavy (non-hydrogen) atoms. The maximum atomic E-state index is 10.9. The van der Waals surface area contributed by atoms with E-state index in [9.17, 15) is 4.79 Å². The van der Waals surface area contributed by atoms with Crippen molar-refractivity contribution in [2.75, 3.05) is 26.2 Å². The smallest absolute Gasteiger partial charge is 0.216 e. The molecule has 1 aromatic heterocycles. The summed E-state index contributed by atoms with van der Waals surface area (Å²) in [6.07, 6.45) is 4.87. The molecule has 0 spiro atoms. The summed E-state index contributed by atoms with van der Waals surface area (Å²) in [5.41, 5.74) is 1.10. The van der Waals surface area contributed by atoms with Crippen LogP contribution < -0.4 is 5.32 Å². The fourth-order valence-corrected chi connectivity index (χ4v) is 2.59. The van der Waals surface area contributed by atoms with Gasteiger partial charge in [0.2, 0.25) is 5.91 Å². The molecule has 128 valence electrons. The largest absolute Gasteiger partial charge is 0.375 e. The summed E-state index contributed by atoms with van der Waals surface area (Å²) < 4.78 is 5.77. The molecule has 0 bridgehead atoms. The van der Waals surface area contributed by atoms with E-state index in [2.05, 4.69) is 41.0 Å². The number of carbonyl (C=O) groups excluding carboxylic acids is 1. The normalized spacial score (nSPS) is 19.6. The summed E-state index contributed by atoms with van der Waals surface area (Å²) in [5, 5.41) is 2.82. The van der Waals surface area contributed by atoms with Crippen LogP contribution in [0.5, 0.6) is 0 Å². The monoisotopic (exact) mass is 320 g/mol. The van der Waals surface area contributed by atoms with Gasteiger partial charge in [-0.2, -0.15) is 0 Å². The Labute approximate surface area is 138 Å². The molecule has 0 aromatic carbocycles. The fraction of sp³-hybridized carbons (Fsp3) is 0.706. The Balaban J connectivity index is 1.83. The Morgan fingerprint density at radius 2 is 2.09 bits per heavy atom. The lowest BCUT2D eigenvalue weighted by atomic mass is 9.96. The molecule has 0 radical (unpaired) electrons. The van der Waals surface area contributed by atoms with Crippen LogP contribution in [0.15, 0.2) is 12.4 Å². The second-order valence-electron chi connectivity index (χ2n) is 7.16. The lowest BCUT2D eigenvalue weighted by Crippen LogP contribution is -2.43. The van der Waals surface area contributed by atoms with Gasteiger partial charge in [0.25, 0.3) is 0 Å². The van der Waals surface area contributed by atoms with Crippen LogP contribution in [0.2, 0.25) is 0 Å². The van der Waals surface area contributed by atoms with E-state index in [0.29, 0.717) is 6.54 Å². The number of nitrogens with one attached hydrogen (secondary N) is 1. The average molecular weight is 320 g/mol. The zero-order valence-corrected chi connectivity index (χ0v) is 14.6. The van der Waals surface area contributed by atoms with Gasteiger partial charge in [-0.3, -0.25) is 9.69 Å². The fourth-order valence-electron chi connectivity index (χ4n) is 2.59. The first kappa shape index (κ1) is 17.8. The van der Waals surface area contributed by atoms with Crippen LogP contribution in [-0.2, 0) is 21.5 Å². The van der Waals surface area contributed by atoms with Crippen molar-refractivity contribution >= 4 is 5.91 Å². The molecular formula is C17H28N4O2. The van der Waals surface area contributed by atoms with E-state index in [4.69, 9.17) is 4.74 Å². The molecule has 0 unspecified atom stereocenters. The highest BCUT2D eigenvalue weighted by atomic mass is 16.5. The third-order valence-corrected chi connectivity index (χ3v) is 3.85. The predicted molar refractivity (Wildman–Crippen MR) is 89.0 cm³/mol. The highest BCUT2D eigenvalue weighted by Gasteiger charge is 2.21. The number of aromatic nitrogens is 2. The first-order valence-electron chi connectivity index (χ1n) is 8.24. The van der Waals surface area contributed by atoms with Crippen molar-refractivity contribution in [3.05, 3.63) is 23.8 Å². The quantitative estimate of drug-likeness (QED) is 0.890. The van der Waals surface area contributed by atoms with E-state index < -0.39 is 0 Å². The molecule has 1 N–H and O–H groups in total. The third-order valence-electron chi connectivity index (χ3n) is 3.85. The van der Waals surface area contributed by atoms with Gasteiger partial charge in [0.1, 0.15) is 5.82 Å². The summed E-state index contributed by atoms with van der Waals surface area (Å²) in [6.45, 7) is 11.9. The molecule has 1 saturated heterocycles. The summed E-state index contributed by atoms with van der Waals surface area (Å²) in [7, 11) is 0. The summed E-state index contributed by atoms with van der Waals surface area (Å²) >= 11 is 0. The average Bonchev–Trinajstić information content (AvgIpc) is 2.47. The molecule has 1 fully saturated rings. The van der Waals surface area contributed by atoms with E-state index in [1.54, 1.807) is 0 Å².